The van der Waals surface area contributed by atoms with E-state index in [1.54, 1.807) is 44.6 Å². The van der Waals surface area contributed by atoms with Gasteiger partial charge in [-0.1, -0.05) is 0 Å². The van der Waals surface area contributed by atoms with Gasteiger partial charge in [0.2, 0.25) is 5.91 Å². The Morgan fingerprint density at radius 3 is 2.50 bits per heavy atom. The van der Waals surface area contributed by atoms with E-state index in [2.05, 4.69) is 42.5 Å². The molecule has 0 saturated carbocycles. The molecule has 2 fully saturated rings. The Morgan fingerprint density at radius 1 is 1.00 bits per heavy atom. The number of aromatic nitrogens is 5. The molecule has 2 aromatic carbocycles. The summed E-state index contributed by atoms with van der Waals surface area (Å²) in [6.07, 6.45) is 5.39. The Hall–Kier alpha value is -5.40. The van der Waals surface area contributed by atoms with Gasteiger partial charge in [0.25, 0.3) is 5.91 Å². The number of pyridine rings is 1. The van der Waals surface area contributed by atoms with Gasteiger partial charge in [-0.3, -0.25) is 19.6 Å². The van der Waals surface area contributed by atoms with Gasteiger partial charge < -0.3 is 25.1 Å². The monoisotopic (exact) mass is 647 g/mol. The minimum absolute atomic E-state index is 0.0510. The number of amides is 2. The van der Waals surface area contributed by atoms with Crippen molar-refractivity contribution in [2.45, 2.75) is 18.9 Å². The third-order valence-corrected chi connectivity index (χ3v) is 9.36. The Labute approximate surface area is 277 Å². The molecule has 2 aliphatic heterocycles. The number of fused-ring (bicyclic) bond motifs is 1. The molecule has 2 aliphatic rings. The highest BCUT2D eigenvalue weighted by atomic mass is 16.5. The molecule has 13 nitrogen and oxygen atoms in total. The topological polar surface area (TPSA) is 147 Å². The second kappa shape index (κ2) is 13.0. The van der Waals surface area contributed by atoms with Gasteiger partial charge >= 0.3 is 0 Å². The van der Waals surface area contributed by atoms with E-state index in [0.29, 0.717) is 55.5 Å². The number of aryl methyl sites for hydroxylation is 1. The number of benzene rings is 2. The van der Waals surface area contributed by atoms with Crippen LogP contribution in [0.4, 0.5) is 11.4 Å². The number of carbonyl (C=O) groups excluding carboxylic acids is 2. The number of aromatic amines is 1. The quantitative estimate of drug-likeness (QED) is 0.192. The Bertz CT molecular complexity index is 1940. The van der Waals surface area contributed by atoms with E-state index < -0.39 is 5.60 Å². The van der Waals surface area contributed by atoms with Crippen LogP contribution in [0.5, 0.6) is 0 Å². The third-order valence-electron chi connectivity index (χ3n) is 9.36. The summed E-state index contributed by atoms with van der Waals surface area (Å²) in [6, 6.07) is 19.0. The zero-order valence-electron chi connectivity index (χ0n) is 26.9. The van der Waals surface area contributed by atoms with Crippen molar-refractivity contribution >= 4 is 34.1 Å². The van der Waals surface area contributed by atoms with Crippen LogP contribution in [-0.4, -0.2) is 100 Å². The number of H-pyrrole nitrogens is 1. The van der Waals surface area contributed by atoms with Crippen LogP contribution in [-0.2, 0) is 14.3 Å². The number of nitrogens with one attached hydrogen (secondary N) is 2. The summed E-state index contributed by atoms with van der Waals surface area (Å²) in [7, 11) is 1.54. The third kappa shape index (κ3) is 6.17. The molecule has 5 aromatic rings. The SMILES string of the molecule is CO[C@@]1(C(=O)Nc2ccc3[nH]nc(-c4cc[n+]([O-])c(C)c4)c3c2)CCN(CC(=O)N2CCN(c3ccc(-c4ncccn4)cc3)CC2)C1. The molecule has 0 spiro atoms. The fraction of sp³-hybridized carbons (Fsp3) is 0.314. The number of piperazine rings is 1. The Balaban J connectivity index is 0.944. The average molecular weight is 648 g/mol. The first-order valence-corrected chi connectivity index (χ1v) is 16.0. The molecular formula is C35H37N9O4. The largest absolute Gasteiger partial charge is 0.619 e. The normalized spacial score (nSPS) is 18.4. The van der Waals surface area contributed by atoms with Gasteiger partial charge in [0.05, 0.1) is 12.1 Å². The molecule has 0 bridgehead atoms. The number of carbonyl (C=O) groups is 2. The molecule has 13 heteroatoms. The molecule has 2 N–H and O–H groups in total. The predicted octanol–water partition coefficient (Wildman–Crippen LogP) is 3.01. The minimum Gasteiger partial charge on any atom is -0.619 e. The van der Waals surface area contributed by atoms with Crippen LogP contribution in [0.2, 0.25) is 0 Å². The summed E-state index contributed by atoms with van der Waals surface area (Å²) < 4.78 is 6.64. The van der Waals surface area contributed by atoms with Crippen LogP contribution in [0.3, 0.4) is 0 Å². The molecule has 48 heavy (non-hydrogen) atoms. The van der Waals surface area contributed by atoms with E-state index in [-0.39, 0.29) is 18.4 Å². The van der Waals surface area contributed by atoms with Crippen LogP contribution in [0.15, 0.2) is 79.3 Å². The minimum atomic E-state index is -1.08. The number of anilines is 2. The van der Waals surface area contributed by atoms with Crippen molar-refractivity contribution in [3.63, 3.8) is 0 Å². The molecule has 2 saturated heterocycles. The van der Waals surface area contributed by atoms with Crippen LogP contribution in [0, 0.1) is 12.1 Å². The number of methoxy groups -OCH3 is 1. The van der Waals surface area contributed by atoms with Crippen molar-refractivity contribution in [1.82, 2.24) is 30.0 Å². The maximum Gasteiger partial charge on any atom is 0.258 e. The van der Waals surface area contributed by atoms with Gasteiger partial charge in [-0.25, -0.2) is 9.97 Å². The molecular weight excluding hydrogens is 610 g/mol. The molecule has 0 radical (unpaired) electrons. The number of ether oxygens (including phenoxy) is 1. The number of hydrogen-bond acceptors (Lipinski definition) is 9. The van der Waals surface area contributed by atoms with E-state index in [1.165, 1.54) is 6.20 Å². The van der Waals surface area contributed by atoms with Crippen LogP contribution in [0.25, 0.3) is 33.5 Å². The van der Waals surface area contributed by atoms with E-state index in [1.807, 2.05) is 40.1 Å². The Morgan fingerprint density at radius 2 is 1.77 bits per heavy atom. The fourth-order valence-corrected chi connectivity index (χ4v) is 6.52. The number of likely N-dealkylation sites (tertiary alicyclic amines) is 1. The molecule has 1 atom stereocenters. The zero-order chi connectivity index (χ0) is 33.3. The van der Waals surface area contributed by atoms with Gasteiger partial charge in [0.1, 0.15) is 5.69 Å². The molecule has 246 valence electrons. The summed E-state index contributed by atoms with van der Waals surface area (Å²) in [6.45, 7) is 5.59. The van der Waals surface area contributed by atoms with Crippen molar-refractivity contribution in [2.24, 2.45) is 0 Å². The highest BCUT2D eigenvalue weighted by Gasteiger charge is 2.45. The van der Waals surface area contributed by atoms with Crippen LogP contribution < -0.4 is 14.9 Å². The molecule has 0 aliphatic carbocycles. The molecule has 2 amide bonds. The summed E-state index contributed by atoms with van der Waals surface area (Å²) in [5.74, 6) is 0.487. The smallest absolute Gasteiger partial charge is 0.258 e. The fourth-order valence-electron chi connectivity index (χ4n) is 6.52. The van der Waals surface area contributed by atoms with Crippen molar-refractivity contribution in [1.29, 1.82) is 0 Å². The number of rotatable bonds is 8. The van der Waals surface area contributed by atoms with Gasteiger partial charge in [-0.05, 0) is 55.0 Å². The summed E-state index contributed by atoms with van der Waals surface area (Å²) in [5.41, 5.74) is 4.45. The zero-order valence-corrected chi connectivity index (χ0v) is 26.9. The van der Waals surface area contributed by atoms with E-state index in [0.717, 1.165) is 45.5 Å². The molecule has 7 rings (SSSR count). The van der Waals surface area contributed by atoms with Crippen molar-refractivity contribution in [3.8, 4) is 22.6 Å². The van der Waals surface area contributed by atoms with Crippen LogP contribution >= 0.6 is 0 Å². The maximum absolute atomic E-state index is 13.7. The van der Waals surface area contributed by atoms with Crippen molar-refractivity contribution < 1.29 is 19.1 Å². The first-order valence-electron chi connectivity index (χ1n) is 16.0. The second-order valence-electron chi connectivity index (χ2n) is 12.3. The molecule has 5 heterocycles. The maximum atomic E-state index is 13.7. The van der Waals surface area contributed by atoms with E-state index >= 15 is 0 Å². The van der Waals surface area contributed by atoms with Gasteiger partial charge in [0, 0.05) is 106 Å². The lowest BCUT2D eigenvalue weighted by Crippen LogP contribution is -2.52. The lowest BCUT2D eigenvalue weighted by Gasteiger charge is -2.37. The molecule has 0 unspecified atom stereocenters. The van der Waals surface area contributed by atoms with Gasteiger partial charge in [-0.15, -0.1) is 0 Å². The lowest BCUT2D eigenvalue weighted by molar-refractivity contribution is -0.612. The first-order chi connectivity index (χ1) is 23.3. The van der Waals surface area contributed by atoms with Gasteiger partial charge in [0.15, 0.2) is 23.3 Å². The summed E-state index contributed by atoms with van der Waals surface area (Å²) >= 11 is 0. The average Bonchev–Trinajstić information content (AvgIpc) is 3.75. The number of nitrogens with zero attached hydrogens (tertiary/aromatic N) is 7. The highest BCUT2D eigenvalue weighted by molar-refractivity contribution is 6.01. The first kappa shape index (κ1) is 31.2. The van der Waals surface area contributed by atoms with Crippen molar-refractivity contribution in [2.75, 3.05) is 63.1 Å². The van der Waals surface area contributed by atoms with E-state index in [4.69, 9.17) is 4.74 Å². The molecule has 3 aromatic heterocycles. The van der Waals surface area contributed by atoms with Crippen LogP contribution in [0.1, 0.15) is 12.1 Å². The predicted molar refractivity (Wildman–Crippen MR) is 181 cm³/mol. The summed E-state index contributed by atoms with van der Waals surface area (Å²) in [5, 5.41) is 23.2. The lowest BCUT2D eigenvalue weighted by atomic mass is 10.0. The highest BCUT2D eigenvalue weighted by Crippen LogP contribution is 2.31. The van der Waals surface area contributed by atoms with E-state index in [9.17, 15) is 14.8 Å². The van der Waals surface area contributed by atoms with Crippen molar-refractivity contribution in [3.05, 3.63) is 90.2 Å². The Kier molecular flexibility index (Phi) is 8.46. The van der Waals surface area contributed by atoms with Gasteiger partial charge in [-0.2, -0.15) is 9.83 Å². The second-order valence-corrected chi connectivity index (χ2v) is 12.3. The number of hydrogen-bond donors (Lipinski definition) is 2. The summed E-state index contributed by atoms with van der Waals surface area (Å²) in [4.78, 5) is 41.8. The standard InChI is InChI=1S/C35H37N9O4/c1-24-20-26(10-14-44(24)47)32-29-21-27(6-9-30(29)39-40-32)38-34(46)35(48-2)11-15-41(23-35)22-31(45)43-18-16-42(17-19-43)28-7-4-25(5-8-28)33-36-12-3-13-37-33/h3-10,12-14,20-21H,11,15-19,22-23H2,1-2H3,(H,38,46)(H,39,40)/t35-/m0/s1.